The van der Waals surface area contributed by atoms with Crippen LogP contribution in [0.3, 0.4) is 0 Å². The van der Waals surface area contributed by atoms with Crippen molar-refractivity contribution >= 4 is 11.9 Å². The Morgan fingerprint density at radius 2 is 1.97 bits per heavy atom. The molecule has 2 aromatic rings. The van der Waals surface area contributed by atoms with E-state index in [9.17, 15) is 14.0 Å². The molecule has 0 bridgehead atoms. The van der Waals surface area contributed by atoms with Crippen molar-refractivity contribution in [2.24, 2.45) is 0 Å². The number of hydrogen-bond donors (Lipinski definition) is 1. The number of rotatable bonds is 6. The van der Waals surface area contributed by atoms with Gasteiger partial charge in [-0.25, -0.2) is 9.18 Å². The van der Waals surface area contributed by atoms with Gasteiger partial charge in [0, 0.05) is 6.54 Å². The molecular weight excluding hydrogens is 371 g/mol. The zero-order chi connectivity index (χ0) is 20.8. The standard InChI is InChI=1S/C23H27FN2O3/c1-16(18-9-11-19(12-10-18)23(28)29-2)25-22(27)21-8-3-4-13-26(21)15-17-6-5-7-20(24)14-17/h5-7,9-12,14,16,21H,3-4,8,13,15H2,1-2H3,(H,25,27)/t16-,21+/m0/s1. The van der Waals surface area contributed by atoms with Crippen molar-refractivity contribution in [3.63, 3.8) is 0 Å². The molecule has 1 fully saturated rings. The normalized spacial score (nSPS) is 18.1. The maximum absolute atomic E-state index is 13.5. The van der Waals surface area contributed by atoms with Gasteiger partial charge in [-0.05, 0) is 61.7 Å². The number of amides is 1. The van der Waals surface area contributed by atoms with Crippen LogP contribution in [-0.2, 0) is 16.1 Å². The van der Waals surface area contributed by atoms with E-state index in [4.69, 9.17) is 4.74 Å². The molecular formula is C23H27FN2O3. The molecule has 1 amide bonds. The van der Waals surface area contributed by atoms with E-state index in [0.29, 0.717) is 12.1 Å². The summed E-state index contributed by atoms with van der Waals surface area (Å²) in [5.41, 5.74) is 2.26. The van der Waals surface area contributed by atoms with Crippen molar-refractivity contribution in [2.75, 3.05) is 13.7 Å². The van der Waals surface area contributed by atoms with Gasteiger partial charge >= 0.3 is 5.97 Å². The number of piperidine rings is 1. The second-order valence-electron chi connectivity index (χ2n) is 7.46. The number of likely N-dealkylation sites (tertiary alicyclic amines) is 1. The average molecular weight is 398 g/mol. The summed E-state index contributed by atoms with van der Waals surface area (Å²) >= 11 is 0. The first-order valence-corrected chi connectivity index (χ1v) is 9.95. The molecule has 29 heavy (non-hydrogen) atoms. The van der Waals surface area contributed by atoms with Crippen LogP contribution in [0.2, 0.25) is 0 Å². The van der Waals surface area contributed by atoms with Gasteiger partial charge in [-0.15, -0.1) is 0 Å². The van der Waals surface area contributed by atoms with Crippen LogP contribution in [-0.4, -0.2) is 36.5 Å². The van der Waals surface area contributed by atoms with Gasteiger partial charge in [0.1, 0.15) is 5.82 Å². The zero-order valence-corrected chi connectivity index (χ0v) is 16.9. The minimum Gasteiger partial charge on any atom is -0.465 e. The minimum absolute atomic E-state index is 0.0225. The lowest BCUT2D eigenvalue weighted by Gasteiger charge is -2.35. The third-order valence-corrected chi connectivity index (χ3v) is 5.38. The van der Waals surface area contributed by atoms with E-state index in [0.717, 1.165) is 36.9 Å². The van der Waals surface area contributed by atoms with E-state index in [1.54, 1.807) is 18.2 Å². The lowest BCUT2D eigenvalue weighted by Crippen LogP contribution is -2.49. The molecule has 154 valence electrons. The second-order valence-corrected chi connectivity index (χ2v) is 7.46. The fourth-order valence-corrected chi connectivity index (χ4v) is 3.77. The van der Waals surface area contributed by atoms with Crippen molar-refractivity contribution < 1.29 is 18.7 Å². The van der Waals surface area contributed by atoms with Gasteiger partial charge in [-0.1, -0.05) is 30.7 Å². The first kappa shape index (κ1) is 21.0. The van der Waals surface area contributed by atoms with Gasteiger partial charge in [0.2, 0.25) is 5.91 Å². The lowest BCUT2D eigenvalue weighted by atomic mass is 9.99. The number of carbonyl (C=O) groups excluding carboxylic acids is 2. The van der Waals surface area contributed by atoms with Gasteiger partial charge in [0.25, 0.3) is 0 Å². The first-order chi connectivity index (χ1) is 14.0. The van der Waals surface area contributed by atoms with Crippen molar-refractivity contribution in [3.05, 3.63) is 71.0 Å². The number of nitrogens with zero attached hydrogens (tertiary/aromatic N) is 1. The van der Waals surface area contributed by atoms with Crippen LogP contribution < -0.4 is 5.32 Å². The van der Waals surface area contributed by atoms with Crippen LogP contribution in [0.15, 0.2) is 48.5 Å². The highest BCUT2D eigenvalue weighted by Crippen LogP contribution is 2.22. The fourth-order valence-electron chi connectivity index (χ4n) is 3.77. The summed E-state index contributed by atoms with van der Waals surface area (Å²) < 4.78 is 18.2. The van der Waals surface area contributed by atoms with Crippen LogP contribution in [0.5, 0.6) is 0 Å². The molecule has 1 aliphatic heterocycles. The van der Waals surface area contributed by atoms with Crippen molar-refractivity contribution in [1.29, 1.82) is 0 Å². The fraction of sp³-hybridized carbons (Fsp3) is 0.391. The Balaban J connectivity index is 1.64. The van der Waals surface area contributed by atoms with Crippen molar-refractivity contribution in [3.8, 4) is 0 Å². The van der Waals surface area contributed by atoms with Crippen LogP contribution in [0.25, 0.3) is 0 Å². The predicted octanol–water partition coefficient (Wildman–Crippen LogP) is 3.84. The first-order valence-electron chi connectivity index (χ1n) is 9.95. The minimum atomic E-state index is -0.386. The molecule has 0 aliphatic carbocycles. The average Bonchev–Trinajstić information content (AvgIpc) is 2.73. The van der Waals surface area contributed by atoms with E-state index >= 15 is 0 Å². The molecule has 1 saturated heterocycles. The van der Waals surface area contributed by atoms with Gasteiger partial charge in [-0.3, -0.25) is 9.69 Å². The maximum Gasteiger partial charge on any atom is 0.337 e. The number of ether oxygens (including phenoxy) is 1. The summed E-state index contributed by atoms with van der Waals surface area (Å²) in [4.78, 5) is 26.7. The topological polar surface area (TPSA) is 58.6 Å². The molecule has 0 saturated carbocycles. The molecule has 0 unspecified atom stereocenters. The van der Waals surface area contributed by atoms with Crippen LogP contribution >= 0.6 is 0 Å². The Morgan fingerprint density at radius 1 is 1.21 bits per heavy atom. The second kappa shape index (κ2) is 9.65. The highest BCUT2D eigenvalue weighted by atomic mass is 19.1. The number of methoxy groups -OCH3 is 1. The summed E-state index contributed by atoms with van der Waals surface area (Å²) in [6, 6.07) is 13.1. The van der Waals surface area contributed by atoms with Crippen molar-refractivity contribution in [2.45, 2.75) is 44.8 Å². The predicted molar refractivity (Wildman–Crippen MR) is 109 cm³/mol. The Bertz CT molecular complexity index is 853. The summed E-state index contributed by atoms with van der Waals surface area (Å²) in [6.07, 6.45) is 2.82. The summed E-state index contributed by atoms with van der Waals surface area (Å²) in [7, 11) is 1.35. The Labute approximate surface area is 170 Å². The van der Waals surface area contributed by atoms with E-state index in [-0.39, 0.29) is 29.8 Å². The lowest BCUT2D eigenvalue weighted by molar-refractivity contribution is -0.128. The number of benzene rings is 2. The quantitative estimate of drug-likeness (QED) is 0.751. The highest BCUT2D eigenvalue weighted by Gasteiger charge is 2.29. The molecule has 0 radical (unpaired) electrons. The number of carbonyl (C=O) groups is 2. The van der Waals surface area contributed by atoms with E-state index in [2.05, 4.69) is 10.2 Å². The number of hydrogen-bond acceptors (Lipinski definition) is 4. The summed E-state index contributed by atoms with van der Waals surface area (Å²) in [5, 5.41) is 3.08. The third kappa shape index (κ3) is 5.41. The van der Waals surface area contributed by atoms with Crippen LogP contribution in [0, 0.1) is 5.82 Å². The number of esters is 1. The van der Waals surface area contributed by atoms with Gasteiger partial charge < -0.3 is 10.1 Å². The maximum atomic E-state index is 13.5. The molecule has 1 N–H and O–H groups in total. The molecule has 2 aromatic carbocycles. The van der Waals surface area contributed by atoms with E-state index in [1.165, 1.54) is 19.2 Å². The Morgan fingerprint density at radius 3 is 2.66 bits per heavy atom. The molecule has 1 aliphatic rings. The summed E-state index contributed by atoms with van der Waals surface area (Å²) in [6.45, 7) is 3.29. The van der Waals surface area contributed by atoms with Crippen LogP contribution in [0.4, 0.5) is 4.39 Å². The third-order valence-electron chi connectivity index (χ3n) is 5.38. The van der Waals surface area contributed by atoms with Gasteiger partial charge in [0.05, 0.1) is 24.8 Å². The van der Waals surface area contributed by atoms with E-state index in [1.807, 2.05) is 25.1 Å². The molecule has 0 spiro atoms. The zero-order valence-electron chi connectivity index (χ0n) is 16.9. The van der Waals surface area contributed by atoms with Gasteiger partial charge in [0.15, 0.2) is 0 Å². The largest absolute Gasteiger partial charge is 0.465 e. The van der Waals surface area contributed by atoms with Gasteiger partial charge in [-0.2, -0.15) is 0 Å². The monoisotopic (exact) mass is 398 g/mol. The SMILES string of the molecule is COC(=O)c1ccc([C@H](C)NC(=O)[C@H]2CCCCN2Cc2cccc(F)c2)cc1. The molecule has 3 rings (SSSR count). The number of nitrogens with one attached hydrogen (secondary N) is 1. The molecule has 6 heteroatoms. The molecule has 0 aromatic heterocycles. The number of halogens is 1. The smallest absolute Gasteiger partial charge is 0.337 e. The summed E-state index contributed by atoms with van der Waals surface area (Å²) in [5.74, 6) is -0.668. The Kier molecular flexibility index (Phi) is 6.99. The van der Waals surface area contributed by atoms with Crippen molar-refractivity contribution in [1.82, 2.24) is 10.2 Å². The molecule has 5 nitrogen and oxygen atoms in total. The Hall–Kier alpha value is -2.73. The molecule has 2 atom stereocenters. The van der Waals surface area contributed by atoms with Crippen LogP contribution in [0.1, 0.15) is 53.7 Å². The highest BCUT2D eigenvalue weighted by molar-refractivity contribution is 5.89. The van der Waals surface area contributed by atoms with E-state index < -0.39 is 0 Å². The molecule has 1 heterocycles.